The third kappa shape index (κ3) is 112. The molecule has 70 heavy (non-hydrogen) atoms. The first-order chi connectivity index (χ1) is 32.8. The molecule has 0 saturated carbocycles. The van der Waals surface area contributed by atoms with Gasteiger partial charge in [0, 0.05) is 26.4 Å². The summed E-state index contributed by atoms with van der Waals surface area (Å²) < 4.78 is 32.2. The van der Waals surface area contributed by atoms with Gasteiger partial charge in [0.05, 0.1) is 51.8 Å². The number of allylic oxidation sites excluding steroid dienone is 6. The smallest absolute Gasteiger partial charge is 0.0650 e. The largest absolute Gasteiger partial charge is 0.377 e. The van der Waals surface area contributed by atoms with Crippen LogP contribution < -0.4 is 0 Å². The van der Waals surface area contributed by atoms with E-state index in [1.165, 1.54) is 0 Å². The molecule has 0 aliphatic carbocycles. The highest BCUT2D eigenvalue weighted by Gasteiger charge is 1.95. The fourth-order valence-electron chi connectivity index (χ4n) is 4.60. The minimum Gasteiger partial charge on any atom is -0.377 e. The van der Waals surface area contributed by atoms with E-state index in [-0.39, 0.29) is 0 Å². The molecule has 0 aliphatic rings. The summed E-state index contributed by atoms with van der Waals surface area (Å²) in [5, 5.41) is 0. The Morgan fingerprint density at radius 3 is 0.486 bits per heavy atom. The lowest BCUT2D eigenvalue weighted by molar-refractivity contribution is 0.102. The maximum atomic E-state index is 5.39. The summed E-state index contributed by atoms with van der Waals surface area (Å²) >= 11 is 0. The van der Waals surface area contributed by atoms with Gasteiger partial charge in [-0.15, -0.1) is 0 Å². The summed E-state index contributed by atoms with van der Waals surface area (Å²) in [5.74, 6) is 7.10. The van der Waals surface area contributed by atoms with Crippen LogP contribution in [0.5, 0.6) is 0 Å². The third-order valence-electron chi connectivity index (χ3n) is 8.36. The van der Waals surface area contributed by atoms with Crippen LogP contribution in [0.3, 0.4) is 0 Å². The van der Waals surface area contributed by atoms with Crippen LogP contribution in [0.25, 0.3) is 0 Å². The van der Waals surface area contributed by atoms with Crippen molar-refractivity contribution in [2.75, 3.05) is 66.1 Å². The van der Waals surface area contributed by atoms with Crippen LogP contribution in [0, 0.1) is 59.2 Å². The molecule has 0 radical (unpaired) electrons. The SMILES string of the molecule is CC(C)C/C=C/COCC(C)C.CC(C)C/C=C/COCC(C)C.CC(C)C/C=C\COC(C)C.CC(C)C/C=C\COC(C)C.CC(C)C/C=C\COCC(C)C.CC(C)C/C=C\COCC(C)C. The molecule has 6 nitrogen and oxygen atoms in total. The van der Waals surface area contributed by atoms with Gasteiger partial charge in [0.2, 0.25) is 0 Å². The molecular weight excluding hydrogens is 865 g/mol. The van der Waals surface area contributed by atoms with E-state index in [4.69, 9.17) is 28.4 Å². The van der Waals surface area contributed by atoms with Gasteiger partial charge in [-0.2, -0.15) is 0 Å². The van der Waals surface area contributed by atoms with E-state index in [0.29, 0.717) is 35.9 Å². The molecule has 0 aromatic heterocycles. The summed E-state index contributed by atoms with van der Waals surface area (Å²) in [6.07, 6.45) is 33.5. The van der Waals surface area contributed by atoms with Crippen LogP contribution in [-0.2, 0) is 28.4 Å². The molecule has 0 fully saturated rings. The van der Waals surface area contributed by atoms with E-state index in [1.54, 1.807) is 0 Å². The summed E-state index contributed by atoms with van der Waals surface area (Å²) in [6.45, 7) is 60.2. The third-order valence-corrected chi connectivity index (χ3v) is 8.36. The topological polar surface area (TPSA) is 55.4 Å². The molecule has 0 rings (SSSR count). The van der Waals surface area contributed by atoms with Crippen LogP contribution in [0.4, 0.5) is 0 Å². The van der Waals surface area contributed by atoms with Crippen molar-refractivity contribution in [3.8, 4) is 0 Å². The first-order valence-electron chi connectivity index (χ1n) is 28.2. The van der Waals surface area contributed by atoms with Crippen LogP contribution in [0.2, 0.25) is 0 Å². The van der Waals surface area contributed by atoms with Gasteiger partial charge in [-0.3, -0.25) is 0 Å². The molecule has 0 spiro atoms. The van der Waals surface area contributed by atoms with Gasteiger partial charge in [-0.1, -0.05) is 211 Å². The van der Waals surface area contributed by atoms with Crippen molar-refractivity contribution in [1.82, 2.24) is 0 Å². The van der Waals surface area contributed by atoms with Crippen LogP contribution >= 0.6 is 0 Å². The van der Waals surface area contributed by atoms with Gasteiger partial charge in [-0.05, 0) is 125 Å². The second-order valence-corrected chi connectivity index (χ2v) is 23.1. The molecule has 0 saturated heterocycles. The fraction of sp³-hybridized carbons (Fsp3) is 0.812. The van der Waals surface area contributed by atoms with Crippen molar-refractivity contribution in [3.05, 3.63) is 72.9 Å². The van der Waals surface area contributed by atoms with Gasteiger partial charge in [0.25, 0.3) is 0 Å². The average Bonchev–Trinajstić information content (AvgIpc) is 3.23. The summed E-state index contributed by atoms with van der Waals surface area (Å²) in [7, 11) is 0. The van der Waals surface area contributed by atoms with Crippen LogP contribution in [-0.4, -0.2) is 78.3 Å². The highest BCUT2D eigenvalue weighted by molar-refractivity contribution is 4.85. The van der Waals surface area contributed by atoms with Gasteiger partial charge in [0.1, 0.15) is 0 Å². The molecular formula is C64H128O6. The maximum Gasteiger partial charge on any atom is 0.0650 e. The molecule has 0 heterocycles. The Hall–Kier alpha value is -1.80. The summed E-state index contributed by atoms with van der Waals surface area (Å²) in [5.41, 5.74) is 0. The summed E-state index contributed by atoms with van der Waals surface area (Å²) in [6, 6.07) is 0. The lowest BCUT2D eigenvalue weighted by atomic mass is 10.1. The van der Waals surface area contributed by atoms with Gasteiger partial charge in [0.15, 0.2) is 0 Å². The molecule has 0 N–H and O–H groups in total. The number of hydrogen-bond acceptors (Lipinski definition) is 6. The Labute approximate surface area is 441 Å². The molecule has 0 bridgehead atoms. The Morgan fingerprint density at radius 1 is 0.200 bits per heavy atom. The fourth-order valence-corrected chi connectivity index (χ4v) is 4.60. The zero-order valence-electron chi connectivity index (χ0n) is 51.6. The van der Waals surface area contributed by atoms with Gasteiger partial charge in [-0.25, -0.2) is 0 Å². The van der Waals surface area contributed by atoms with E-state index in [1.807, 2.05) is 0 Å². The molecule has 420 valence electrons. The monoisotopic (exact) mass is 993 g/mol. The van der Waals surface area contributed by atoms with E-state index in [0.717, 1.165) is 140 Å². The van der Waals surface area contributed by atoms with Crippen molar-refractivity contribution in [2.24, 2.45) is 59.2 Å². The lowest BCUT2D eigenvalue weighted by Gasteiger charge is -2.03. The Balaban J connectivity index is -0.000000176. The molecule has 0 amide bonds. The zero-order valence-corrected chi connectivity index (χ0v) is 51.6. The molecule has 0 atom stereocenters. The Kier molecular flexibility index (Phi) is 72.0. The van der Waals surface area contributed by atoms with E-state index in [2.05, 4.69) is 239 Å². The van der Waals surface area contributed by atoms with Gasteiger partial charge >= 0.3 is 0 Å². The maximum absolute atomic E-state index is 5.39. The minimum atomic E-state index is 0.346. The minimum absolute atomic E-state index is 0.346. The molecule has 0 aliphatic heterocycles. The molecule has 0 unspecified atom stereocenters. The normalized spacial score (nSPS) is 12.2. The molecule has 0 aromatic rings. The first kappa shape index (κ1) is 79.6. The second-order valence-electron chi connectivity index (χ2n) is 23.1. The van der Waals surface area contributed by atoms with Crippen LogP contribution in [0.15, 0.2) is 72.9 Å². The van der Waals surface area contributed by atoms with Crippen molar-refractivity contribution >= 4 is 0 Å². The predicted molar refractivity (Wildman–Crippen MR) is 316 cm³/mol. The van der Waals surface area contributed by atoms with E-state index in [9.17, 15) is 0 Å². The van der Waals surface area contributed by atoms with E-state index < -0.39 is 0 Å². The Morgan fingerprint density at radius 2 is 0.357 bits per heavy atom. The first-order valence-corrected chi connectivity index (χ1v) is 28.2. The van der Waals surface area contributed by atoms with Crippen molar-refractivity contribution < 1.29 is 28.4 Å². The summed E-state index contributed by atoms with van der Waals surface area (Å²) in [4.78, 5) is 0. The average molecular weight is 994 g/mol. The van der Waals surface area contributed by atoms with Crippen molar-refractivity contribution in [2.45, 2.75) is 217 Å². The quantitative estimate of drug-likeness (QED) is 0.0473. The highest BCUT2D eigenvalue weighted by Crippen LogP contribution is 2.04. The molecule has 0 aromatic carbocycles. The van der Waals surface area contributed by atoms with E-state index >= 15 is 0 Å². The zero-order chi connectivity index (χ0) is 55.0. The highest BCUT2D eigenvalue weighted by atomic mass is 16.5. The lowest BCUT2D eigenvalue weighted by Crippen LogP contribution is -2.01. The number of ether oxygens (including phenoxy) is 6. The standard InChI is InChI=1S/4C11H22O.2C10H20O/c4*1-10(2)7-5-6-8-12-9-11(3)4;2*1-9(2)7-5-6-8-11-10(3)4/h4*5-6,10-11H,7-9H2,1-4H3;2*5-6,9-10H,7-8H2,1-4H3/b2*6-5+;4*6-5-. The second kappa shape index (κ2) is 63.3. The van der Waals surface area contributed by atoms with Gasteiger partial charge < -0.3 is 28.4 Å². The Bertz CT molecular complexity index is 970. The van der Waals surface area contributed by atoms with Crippen molar-refractivity contribution in [1.29, 1.82) is 0 Å². The van der Waals surface area contributed by atoms with Crippen LogP contribution in [0.1, 0.15) is 205 Å². The number of rotatable bonds is 34. The predicted octanol–water partition coefficient (Wildman–Crippen LogP) is 19.1. The number of hydrogen-bond donors (Lipinski definition) is 0. The molecule has 6 heteroatoms. The van der Waals surface area contributed by atoms with Crippen molar-refractivity contribution in [3.63, 3.8) is 0 Å².